The van der Waals surface area contributed by atoms with Crippen LogP contribution in [0.3, 0.4) is 0 Å². The van der Waals surface area contributed by atoms with E-state index in [0.717, 1.165) is 11.5 Å². The van der Waals surface area contributed by atoms with Crippen molar-refractivity contribution in [3.05, 3.63) is 36.4 Å². The van der Waals surface area contributed by atoms with Gasteiger partial charge in [-0.15, -0.1) is 0 Å². The van der Waals surface area contributed by atoms with Crippen molar-refractivity contribution in [2.24, 2.45) is 0 Å². The van der Waals surface area contributed by atoms with Gasteiger partial charge in [-0.2, -0.15) is 0 Å². The van der Waals surface area contributed by atoms with E-state index in [1.807, 2.05) is 19.1 Å². The Morgan fingerprint density at radius 2 is 1.92 bits per heavy atom. The summed E-state index contributed by atoms with van der Waals surface area (Å²) < 4.78 is 3.09. The van der Waals surface area contributed by atoms with Crippen LogP contribution in [-0.2, 0) is 0 Å². The Balaban J connectivity index is 2.41. The predicted octanol–water partition coefficient (Wildman–Crippen LogP) is -0.166. The second-order valence-corrected chi connectivity index (χ2v) is 4.23. The average molecular weight is 235 g/mol. The van der Waals surface area contributed by atoms with Crippen LogP contribution < -0.4 is 4.35 Å². The molecule has 0 N–H and O–H groups in total. The van der Waals surface area contributed by atoms with Gasteiger partial charge in [-0.3, -0.25) is 0 Å². The molecule has 1 unspecified atom stereocenters. The fraction of sp³-hybridized carbons (Fsp3) is 0.111. The first-order chi connectivity index (χ1) is 6.25. The summed E-state index contributed by atoms with van der Waals surface area (Å²) in [5.74, 6) is 0.796. The Labute approximate surface area is 85.3 Å². The number of hydrogen-bond acceptors (Lipinski definition) is 2. The van der Waals surface area contributed by atoms with Crippen molar-refractivity contribution in [1.29, 1.82) is 0 Å². The summed E-state index contributed by atoms with van der Waals surface area (Å²) in [5, 5.41) is 4.22. The van der Waals surface area contributed by atoms with Crippen molar-refractivity contribution in [3.63, 3.8) is 0 Å². The third kappa shape index (κ3) is 1.81. The van der Waals surface area contributed by atoms with Crippen LogP contribution >= 0.6 is 0 Å². The summed E-state index contributed by atoms with van der Waals surface area (Å²) in [6.45, 7) is 1.88. The van der Waals surface area contributed by atoms with Gasteiger partial charge in [-0.1, -0.05) is 0 Å². The molecule has 0 amide bonds. The molecule has 0 saturated carbocycles. The molecule has 0 aliphatic rings. The first-order valence-corrected chi connectivity index (χ1v) is 5.21. The molecule has 0 radical (unpaired) electrons. The number of benzene rings is 1. The van der Waals surface area contributed by atoms with E-state index in [1.54, 1.807) is 27.9 Å². The van der Waals surface area contributed by atoms with Crippen LogP contribution in [0.1, 0.15) is 5.82 Å². The molecule has 66 valence electrons. The van der Waals surface area contributed by atoms with E-state index >= 15 is 0 Å². The fourth-order valence-electron chi connectivity index (χ4n) is 1.10. The first kappa shape index (κ1) is 8.51. The maximum atomic E-state index is 4.22. The van der Waals surface area contributed by atoms with Crippen molar-refractivity contribution >= 4 is 21.2 Å². The molecule has 0 spiro atoms. The molecule has 2 rings (SSSR count). The van der Waals surface area contributed by atoms with Crippen LogP contribution in [0.5, 0.6) is 0 Å². The molecule has 1 heterocycles. The van der Waals surface area contributed by atoms with Crippen molar-refractivity contribution in [3.8, 4) is 5.69 Å². The van der Waals surface area contributed by atoms with Gasteiger partial charge in [0, 0.05) is 0 Å². The number of aryl methyl sites for hydroxylation is 1. The Morgan fingerprint density at radius 3 is 2.46 bits per heavy atom. The summed E-state index contributed by atoms with van der Waals surface area (Å²) >= 11 is 1.63. The maximum absolute atomic E-state index is 4.22. The molecule has 0 bridgehead atoms. The van der Waals surface area contributed by atoms with Gasteiger partial charge >= 0.3 is 85.0 Å². The summed E-state index contributed by atoms with van der Waals surface area (Å²) in [5.41, 5.74) is 1.06. The zero-order valence-corrected chi connectivity index (χ0v) is 9.73. The molecule has 0 aliphatic carbocycles. The van der Waals surface area contributed by atoms with Crippen molar-refractivity contribution < 1.29 is 0 Å². The number of nitrogens with zero attached hydrogens (tertiary/aromatic N) is 3. The zero-order chi connectivity index (χ0) is 9.26. The van der Waals surface area contributed by atoms with E-state index < -0.39 is 0 Å². The van der Waals surface area contributed by atoms with Crippen LogP contribution in [0.4, 0.5) is 0 Å². The molecule has 0 saturated heterocycles. The molecule has 1 aromatic heterocycles. The van der Waals surface area contributed by atoms with Crippen molar-refractivity contribution in [2.75, 3.05) is 0 Å². The van der Waals surface area contributed by atoms with E-state index in [2.05, 4.69) is 22.2 Å². The minimum absolute atomic E-state index is 0.796. The minimum atomic E-state index is 0.796. The van der Waals surface area contributed by atoms with Gasteiger partial charge in [-0.05, 0) is 0 Å². The molecule has 13 heavy (non-hydrogen) atoms. The molecule has 1 aromatic carbocycles. The fourth-order valence-corrected chi connectivity index (χ4v) is 1.50. The van der Waals surface area contributed by atoms with Gasteiger partial charge in [0.2, 0.25) is 0 Å². The Kier molecular flexibility index (Phi) is 2.19. The number of aromatic nitrogens is 3. The zero-order valence-electron chi connectivity index (χ0n) is 7.31. The van der Waals surface area contributed by atoms with Gasteiger partial charge in [0.25, 0.3) is 0 Å². The average Bonchev–Trinajstić information content (AvgIpc) is 2.53. The quantitative estimate of drug-likeness (QED) is 0.643. The van der Waals surface area contributed by atoms with Crippen molar-refractivity contribution in [2.45, 2.75) is 6.92 Å². The van der Waals surface area contributed by atoms with Crippen LogP contribution in [0, 0.1) is 6.92 Å². The molecular weight excluding hydrogens is 225 g/mol. The second kappa shape index (κ2) is 3.35. The van der Waals surface area contributed by atoms with Crippen LogP contribution in [0.2, 0.25) is 0 Å². The summed E-state index contributed by atoms with van der Waals surface area (Å²) in [6, 6.07) is 8.27. The van der Waals surface area contributed by atoms with Crippen LogP contribution in [0.25, 0.3) is 5.69 Å². The normalized spacial score (nSPS) is 10.3. The van der Waals surface area contributed by atoms with Gasteiger partial charge < -0.3 is 0 Å². The number of hydrogen-bond donors (Lipinski definition) is 0. The van der Waals surface area contributed by atoms with E-state index in [4.69, 9.17) is 0 Å². The summed E-state index contributed by atoms with van der Waals surface area (Å²) in [4.78, 5) is 4.07. The monoisotopic (exact) mass is 235 g/mol. The molecular formula is C9H10AsN3. The van der Waals surface area contributed by atoms with Crippen LogP contribution in [-0.4, -0.2) is 31.6 Å². The van der Waals surface area contributed by atoms with Crippen molar-refractivity contribution in [1.82, 2.24) is 14.8 Å². The third-order valence-electron chi connectivity index (χ3n) is 1.76. The molecule has 0 aliphatic heterocycles. The van der Waals surface area contributed by atoms with Crippen LogP contribution in [0.15, 0.2) is 30.6 Å². The Hall–Kier alpha value is -1.08. The first-order valence-electron chi connectivity index (χ1n) is 4.00. The third-order valence-corrected chi connectivity index (χ3v) is 2.57. The van der Waals surface area contributed by atoms with E-state index in [9.17, 15) is 0 Å². The van der Waals surface area contributed by atoms with Gasteiger partial charge in [-0.25, -0.2) is 0 Å². The summed E-state index contributed by atoms with van der Waals surface area (Å²) in [6.07, 6.45) is 1.73. The van der Waals surface area contributed by atoms with Gasteiger partial charge in [0.15, 0.2) is 0 Å². The topological polar surface area (TPSA) is 30.7 Å². The van der Waals surface area contributed by atoms with Gasteiger partial charge in [0.05, 0.1) is 0 Å². The number of rotatable bonds is 1. The van der Waals surface area contributed by atoms with E-state index in [1.165, 1.54) is 4.35 Å². The molecule has 0 fully saturated rings. The predicted molar refractivity (Wildman–Crippen MR) is 54.3 cm³/mol. The molecule has 4 heteroatoms. The molecule has 2 aromatic rings. The second-order valence-electron chi connectivity index (χ2n) is 2.83. The SMILES string of the molecule is Cc1ncn(-c2ccc([AsH2])cc2)n1. The Bertz CT molecular complexity index is 405. The molecule has 3 nitrogen and oxygen atoms in total. The molecule has 1 atom stereocenters. The standard InChI is InChI=1S/C9H10AsN3/c1-7-11-6-13(12-7)9-4-2-8(10)3-5-9/h2-6H,10H2,1H3. The van der Waals surface area contributed by atoms with Gasteiger partial charge in [0.1, 0.15) is 0 Å². The van der Waals surface area contributed by atoms with E-state index in [0.29, 0.717) is 0 Å². The Morgan fingerprint density at radius 1 is 1.23 bits per heavy atom. The van der Waals surface area contributed by atoms with E-state index in [-0.39, 0.29) is 0 Å². The summed E-state index contributed by atoms with van der Waals surface area (Å²) in [7, 11) is 0.